The van der Waals surface area contributed by atoms with E-state index in [0.29, 0.717) is 0 Å². The van der Waals surface area contributed by atoms with Gasteiger partial charge < -0.3 is 10.5 Å². The van der Waals surface area contributed by atoms with Crippen molar-refractivity contribution in [1.29, 1.82) is 5.41 Å². The van der Waals surface area contributed by atoms with Crippen molar-refractivity contribution in [2.75, 3.05) is 38.6 Å². The van der Waals surface area contributed by atoms with Gasteiger partial charge in [-0.2, -0.15) is 0 Å². The fraction of sp³-hybridized carbons (Fsp3) is 0.889. The van der Waals surface area contributed by atoms with Gasteiger partial charge in [-0.15, -0.1) is 34.0 Å². The standard InChI is InChI=1S/C9H19N3OS.2BrH/c10-9(11)14-8-2-1-3-12-4-6-13-7-5-12;;/h1-8H2,(H3,10,11);2*1H. The molecule has 0 saturated carbocycles. The number of ether oxygens (including phenoxy) is 1. The van der Waals surface area contributed by atoms with Crippen LogP contribution in [0.2, 0.25) is 0 Å². The maximum Gasteiger partial charge on any atom is 0.151 e. The van der Waals surface area contributed by atoms with Crippen LogP contribution in [0.5, 0.6) is 0 Å². The van der Waals surface area contributed by atoms with Crippen molar-refractivity contribution in [3.63, 3.8) is 0 Å². The van der Waals surface area contributed by atoms with Gasteiger partial charge >= 0.3 is 0 Å². The van der Waals surface area contributed by atoms with Crippen molar-refractivity contribution in [1.82, 2.24) is 4.90 Å². The molecule has 0 atom stereocenters. The highest BCUT2D eigenvalue weighted by molar-refractivity contribution is 8.93. The van der Waals surface area contributed by atoms with E-state index in [-0.39, 0.29) is 39.1 Å². The summed E-state index contributed by atoms with van der Waals surface area (Å²) in [5.74, 6) is 0.972. The van der Waals surface area contributed by atoms with Crippen LogP contribution in [-0.4, -0.2) is 48.7 Å². The molecule has 0 unspecified atom stereocenters. The van der Waals surface area contributed by atoms with Gasteiger partial charge in [0.15, 0.2) is 5.17 Å². The van der Waals surface area contributed by atoms with Gasteiger partial charge in [0.1, 0.15) is 0 Å². The van der Waals surface area contributed by atoms with E-state index in [1.165, 1.54) is 18.2 Å². The third kappa shape index (κ3) is 9.89. The molecule has 0 aromatic heterocycles. The maximum atomic E-state index is 7.04. The van der Waals surface area contributed by atoms with Gasteiger partial charge in [0.05, 0.1) is 13.2 Å². The first kappa shape index (κ1) is 19.0. The van der Waals surface area contributed by atoms with Gasteiger partial charge in [-0.25, -0.2) is 0 Å². The number of nitrogens with one attached hydrogen (secondary N) is 1. The van der Waals surface area contributed by atoms with Gasteiger partial charge in [0, 0.05) is 18.8 Å². The first-order valence-electron chi connectivity index (χ1n) is 5.06. The summed E-state index contributed by atoms with van der Waals surface area (Å²) in [5, 5.41) is 7.27. The number of halogens is 2. The van der Waals surface area contributed by atoms with Gasteiger partial charge in [-0.1, -0.05) is 11.8 Å². The van der Waals surface area contributed by atoms with Crippen molar-refractivity contribution in [2.24, 2.45) is 5.73 Å². The number of nitrogens with two attached hydrogens (primary N) is 1. The number of hydrogen-bond donors (Lipinski definition) is 2. The third-order valence-electron chi connectivity index (χ3n) is 2.23. The summed E-state index contributed by atoms with van der Waals surface area (Å²) in [7, 11) is 0. The van der Waals surface area contributed by atoms with Gasteiger partial charge in [0.2, 0.25) is 0 Å². The van der Waals surface area contributed by atoms with Crippen molar-refractivity contribution < 1.29 is 4.74 Å². The topological polar surface area (TPSA) is 62.3 Å². The number of unbranched alkanes of at least 4 members (excludes halogenated alkanes) is 1. The van der Waals surface area contributed by atoms with Crippen LogP contribution in [0.25, 0.3) is 0 Å². The lowest BCUT2D eigenvalue weighted by Gasteiger charge is -2.26. The summed E-state index contributed by atoms with van der Waals surface area (Å²) >= 11 is 1.44. The molecule has 0 spiro atoms. The van der Waals surface area contributed by atoms with Crippen molar-refractivity contribution in [3.8, 4) is 0 Å². The first-order valence-corrected chi connectivity index (χ1v) is 6.04. The molecule has 0 bridgehead atoms. The predicted octanol–water partition coefficient (Wildman–Crippen LogP) is 1.88. The highest BCUT2D eigenvalue weighted by atomic mass is 79.9. The highest BCUT2D eigenvalue weighted by Gasteiger charge is 2.08. The van der Waals surface area contributed by atoms with E-state index < -0.39 is 0 Å². The summed E-state index contributed by atoms with van der Waals surface area (Å²) in [6.07, 6.45) is 2.34. The zero-order chi connectivity index (χ0) is 10.2. The minimum Gasteiger partial charge on any atom is -0.379 e. The van der Waals surface area contributed by atoms with E-state index in [2.05, 4.69) is 4.90 Å². The second kappa shape index (κ2) is 12.2. The minimum atomic E-state index is 0. The second-order valence-corrected chi connectivity index (χ2v) is 4.51. The van der Waals surface area contributed by atoms with E-state index in [1.54, 1.807) is 0 Å². The summed E-state index contributed by atoms with van der Waals surface area (Å²) < 4.78 is 5.27. The van der Waals surface area contributed by atoms with Crippen molar-refractivity contribution >= 4 is 50.9 Å². The van der Waals surface area contributed by atoms with Crippen molar-refractivity contribution in [2.45, 2.75) is 12.8 Å². The Balaban J connectivity index is 0. The Bertz CT molecular complexity index is 180. The molecule has 4 nitrogen and oxygen atoms in total. The molecular formula is C9H21Br2N3OS. The molecule has 1 rings (SSSR count). The smallest absolute Gasteiger partial charge is 0.151 e. The molecule has 1 fully saturated rings. The Labute approximate surface area is 123 Å². The molecule has 1 saturated heterocycles. The van der Waals surface area contributed by atoms with Gasteiger partial charge in [-0.05, 0) is 19.4 Å². The molecule has 3 N–H and O–H groups in total. The monoisotopic (exact) mass is 377 g/mol. The first-order chi connectivity index (χ1) is 6.79. The second-order valence-electron chi connectivity index (χ2n) is 3.37. The predicted molar refractivity (Wildman–Crippen MR) is 81.5 cm³/mol. The van der Waals surface area contributed by atoms with E-state index in [1.807, 2.05) is 0 Å². The van der Waals surface area contributed by atoms with Crippen LogP contribution in [0.15, 0.2) is 0 Å². The highest BCUT2D eigenvalue weighted by Crippen LogP contribution is 2.05. The quantitative estimate of drug-likeness (QED) is 0.435. The van der Waals surface area contributed by atoms with Crippen LogP contribution >= 0.6 is 45.7 Å². The van der Waals surface area contributed by atoms with E-state index in [4.69, 9.17) is 15.9 Å². The van der Waals surface area contributed by atoms with Crippen molar-refractivity contribution in [3.05, 3.63) is 0 Å². The lowest BCUT2D eigenvalue weighted by atomic mass is 10.3. The van der Waals surface area contributed by atoms with Crippen LogP contribution in [0.3, 0.4) is 0 Å². The lowest BCUT2D eigenvalue weighted by Crippen LogP contribution is -2.36. The third-order valence-corrected chi connectivity index (χ3v) is 3.03. The molecule has 1 aliphatic rings. The molecule has 0 amide bonds. The number of nitrogens with zero attached hydrogens (tertiary/aromatic N) is 1. The number of rotatable bonds is 5. The Morgan fingerprint density at radius 2 is 1.88 bits per heavy atom. The number of morpholine rings is 1. The Hall–Kier alpha value is 0.700. The fourth-order valence-electron chi connectivity index (χ4n) is 1.44. The molecule has 1 heterocycles. The Morgan fingerprint density at radius 1 is 1.25 bits per heavy atom. The largest absolute Gasteiger partial charge is 0.379 e. The number of thioether (sulfide) groups is 1. The van der Waals surface area contributed by atoms with Crippen LogP contribution in [0.4, 0.5) is 0 Å². The molecule has 7 heteroatoms. The molecule has 0 radical (unpaired) electrons. The molecule has 98 valence electrons. The summed E-state index contributed by atoms with van der Waals surface area (Å²) in [4.78, 5) is 2.43. The van der Waals surface area contributed by atoms with Crippen LogP contribution in [0.1, 0.15) is 12.8 Å². The Kier molecular flexibility index (Phi) is 14.5. The van der Waals surface area contributed by atoms with Gasteiger partial charge in [0.25, 0.3) is 0 Å². The SMILES string of the molecule is Br.Br.N=C(N)SCCCCN1CCOCC1. The van der Waals surface area contributed by atoms with E-state index in [0.717, 1.165) is 45.0 Å². The maximum absolute atomic E-state index is 7.04. The minimum absolute atomic E-state index is 0. The zero-order valence-electron chi connectivity index (χ0n) is 9.31. The molecule has 0 aromatic carbocycles. The number of amidine groups is 1. The lowest BCUT2D eigenvalue weighted by molar-refractivity contribution is 0.0374. The molecule has 0 aromatic rings. The van der Waals surface area contributed by atoms with Gasteiger partial charge in [-0.3, -0.25) is 10.3 Å². The van der Waals surface area contributed by atoms with Crippen LogP contribution < -0.4 is 5.73 Å². The average Bonchev–Trinajstić information content (AvgIpc) is 2.18. The normalized spacial score (nSPS) is 16.0. The number of hydrogen-bond acceptors (Lipinski definition) is 4. The molecule has 0 aliphatic carbocycles. The van der Waals surface area contributed by atoms with Crippen LogP contribution in [0, 0.1) is 5.41 Å². The van der Waals surface area contributed by atoms with E-state index >= 15 is 0 Å². The summed E-state index contributed by atoms with van der Waals surface area (Å²) in [6, 6.07) is 0. The Morgan fingerprint density at radius 3 is 2.44 bits per heavy atom. The summed E-state index contributed by atoms with van der Waals surface area (Å²) in [5.41, 5.74) is 5.24. The molecule has 1 aliphatic heterocycles. The zero-order valence-corrected chi connectivity index (χ0v) is 13.6. The fourth-order valence-corrected chi connectivity index (χ4v) is 2.01. The van der Waals surface area contributed by atoms with Crippen LogP contribution in [-0.2, 0) is 4.74 Å². The molecular weight excluding hydrogens is 358 g/mol. The summed E-state index contributed by atoms with van der Waals surface area (Å²) in [6.45, 7) is 5.05. The van der Waals surface area contributed by atoms with E-state index in [9.17, 15) is 0 Å². The molecule has 16 heavy (non-hydrogen) atoms. The average molecular weight is 379 g/mol.